The molecule has 102 valence electrons. The monoisotopic (exact) mass is 284 g/mol. The Labute approximate surface area is 122 Å². The number of nitrogens with one attached hydrogen (secondary N) is 1. The van der Waals surface area contributed by atoms with Crippen molar-refractivity contribution in [3.05, 3.63) is 59.7 Å². The van der Waals surface area contributed by atoms with Gasteiger partial charge in [-0.15, -0.1) is 0 Å². The maximum absolute atomic E-state index is 4.56. The zero-order valence-corrected chi connectivity index (χ0v) is 12.1. The molecule has 0 bridgehead atoms. The van der Waals surface area contributed by atoms with Crippen LogP contribution in [-0.2, 0) is 6.54 Å². The Kier molecular flexibility index (Phi) is 3.97. The molecule has 1 N–H and O–H groups in total. The minimum absolute atomic E-state index is 0.422. The minimum atomic E-state index is 0.422. The summed E-state index contributed by atoms with van der Waals surface area (Å²) in [6, 6.07) is 12.4. The summed E-state index contributed by atoms with van der Waals surface area (Å²) in [5, 5.41) is 4.77. The van der Waals surface area contributed by atoms with E-state index in [0.717, 1.165) is 23.2 Å². The van der Waals surface area contributed by atoms with Crippen molar-refractivity contribution in [1.29, 1.82) is 0 Å². The molecule has 5 heteroatoms. The first kappa shape index (κ1) is 13.1. The number of aromatic nitrogens is 2. The topological polar surface area (TPSA) is 50.2 Å². The van der Waals surface area contributed by atoms with E-state index in [-0.39, 0.29) is 0 Å². The van der Waals surface area contributed by atoms with E-state index in [1.807, 2.05) is 19.1 Å². The Morgan fingerprint density at radius 3 is 2.90 bits per heavy atom. The number of hydrogen-bond donors (Lipinski definition) is 1. The van der Waals surface area contributed by atoms with Crippen molar-refractivity contribution in [3.8, 4) is 0 Å². The van der Waals surface area contributed by atoms with Crippen molar-refractivity contribution >= 4 is 16.9 Å². The van der Waals surface area contributed by atoms with E-state index < -0.39 is 0 Å². The van der Waals surface area contributed by atoms with Gasteiger partial charge in [-0.25, -0.2) is 9.97 Å². The molecule has 20 heavy (non-hydrogen) atoms. The van der Waals surface area contributed by atoms with Crippen molar-refractivity contribution in [2.45, 2.75) is 18.7 Å². The number of benzene rings is 1. The van der Waals surface area contributed by atoms with Gasteiger partial charge in [-0.2, -0.15) is 0 Å². The zero-order chi connectivity index (χ0) is 13.8. The van der Waals surface area contributed by atoms with Crippen LogP contribution in [0.5, 0.6) is 0 Å². The first-order chi connectivity index (χ1) is 9.81. The molecule has 1 aromatic heterocycles. The van der Waals surface area contributed by atoms with Crippen LogP contribution in [0.2, 0.25) is 0 Å². The second-order valence-electron chi connectivity index (χ2n) is 4.61. The quantitative estimate of drug-likeness (QED) is 0.941. The highest BCUT2D eigenvalue weighted by molar-refractivity contribution is 8.14. The molecule has 0 saturated carbocycles. The normalized spacial score (nSPS) is 17.9. The van der Waals surface area contributed by atoms with Crippen molar-refractivity contribution < 1.29 is 0 Å². The highest BCUT2D eigenvalue weighted by Gasteiger charge is 2.20. The molecule has 0 spiro atoms. The lowest BCUT2D eigenvalue weighted by molar-refractivity contribution is 0.851. The fourth-order valence-electron chi connectivity index (χ4n) is 2.08. The number of hydrogen-bond acceptors (Lipinski definition) is 5. The van der Waals surface area contributed by atoms with Crippen molar-refractivity contribution in [3.63, 3.8) is 0 Å². The van der Waals surface area contributed by atoms with Gasteiger partial charge in [0.15, 0.2) is 5.17 Å². The molecule has 3 rings (SSSR count). The maximum atomic E-state index is 4.56. The Morgan fingerprint density at radius 1 is 1.25 bits per heavy atom. The third-order valence-corrected chi connectivity index (χ3v) is 4.28. The molecule has 0 aliphatic carbocycles. The Hall–Kier alpha value is -1.88. The van der Waals surface area contributed by atoms with Gasteiger partial charge in [-0.3, -0.25) is 4.99 Å². The van der Waals surface area contributed by atoms with Crippen molar-refractivity contribution in [2.75, 3.05) is 6.54 Å². The predicted octanol–water partition coefficient (Wildman–Crippen LogP) is 2.72. The molecule has 0 amide bonds. The standard InChI is InChI=1S/C15H16N4S/c1-11-16-8-7-13(19-11)9-17-15-18-10-14(20-15)12-5-3-2-4-6-12/h2-8,14H,9-10H2,1H3,(H,17,18). The second kappa shape index (κ2) is 6.05. The smallest absolute Gasteiger partial charge is 0.157 e. The van der Waals surface area contributed by atoms with E-state index >= 15 is 0 Å². The average molecular weight is 284 g/mol. The number of rotatable bonds is 3. The molecular formula is C15H16N4S. The highest BCUT2D eigenvalue weighted by atomic mass is 32.2. The molecule has 1 aromatic carbocycles. The lowest BCUT2D eigenvalue weighted by atomic mass is 10.1. The SMILES string of the molecule is Cc1nccc(CNC2=NCC(c3ccccc3)S2)n1. The molecule has 0 radical (unpaired) electrons. The molecule has 0 fully saturated rings. The molecule has 1 atom stereocenters. The molecule has 2 heterocycles. The second-order valence-corrected chi connectivity index (χ2v) is 5.80. The van der Waals surface area contributed by atoms with E-state index in [4.69, 9.17) is 0 Å². The zero-order valence-electron chi connectivity index (χ0n) is 11.3. The van der Waals surface area contributed by atoms with Gasteiger partial charge in [0.1, 0.15) is 5.82 Å². The van der Waals surface area contributed by atoms with Gasteiger partial charge in [-0.05, 0) is 18.6 Å². The summed E-state index contributed by atoms with van der Waals surface area (Å²) >= 11 is 1.78. The van der Waals surface area contributed by atoms with Crippen LogP contribution in [-0.4, -0.2) is 21.7 Å². The minimum Gasteiger partial charge on any atom is -0.359 e. The van der Waals surface area contributed by atoms with E-state index in [9.17, 15) is 0 Å². The summed E-state index contributed by atoms with van der Waals surface area (Å²) < 4.78 is 0. The summed E-state index contributed by atoms with van der Waals surface area (Å²) in [4.78, 5) is 13.0. The van der Waals surface area contributed by atoms with Crippen LogP contribution in [0.3, 0.4) is 0 Å². The lowest BCUT2D eigenvalue weighted by Crippen LogP contribution is -2.19. The fraction of sp³-hybridized carbons (Fsp3) is 0.267. The van der Waals surface area contributed by atoms with Crippen LogP contribution in [0.25, 0.3) is 0 Å². The Balaban J connectivity index is 1.56. The van der Waals surface area contributed by atoms with E-state index in [0.29, 0.717) is 11.8 Å². The van der Waals surface area contributed by atoms with E-state index in [1.54, 1.807) is 18.0 Å². The van der Waals surface area contributed by atoms with Crippen LogP contribution in [0, 0.1) is 6.92 Å². The summed E-state index contributed by atoms with van der Waals surface area (Å²) in [6.07, 6.45) is 1.79. The summed E-state index contributed by atoms with van der Waals surface area (Å²) in [5.74, 6) is 0.799. The largest absolute Gasteiger partial charge is 0.359 e. The first-order valence-corrected chi connectivity index (χ1v) is 7.48. The van der Waals surface area contributed by atoms with E-state index in [1.165, 1.54) is 5.56 Å². The van der Waals surface area contributed by atoms with Crippen molar-refractivity contribution in [1.82, 2.24) is 15.3 Å². The van der Waals surface area contributed by atoms with Crippen LogP contribution in [0.4, 0.5) is 0 Å². The third-order valence-electron chi connectivity index (χ3n) is 3.08. The van der Waals surface area contributed by atoms with Gasteiger partial charge in [0, 0.05) is 6.20 Å². The number of nitrogens with zero attached hydrogens (tertiary/aromatic N) is 3. The van der Waals surface area contributed by atoms with Gasteiger partial charge < -0.3 is 5.32 Å². The predicted molar refractivity (Wildman–Crippen MR) is 82.7 cm³/mol. The van der Waals surface area contributed by atoms with Gasteiger partial charge in [-0.1, -0.05) is 42.1 Å². The Morgan fingerprint density at radius 2 is 2.10 bits per heavy atom. The number of aryl methyl sites for hydroxylation is 1. The highest BCUT2D eigenvalue weighted by Crippen LogP contribution is 2.34. The molecular weight excluding hydrogens is 268 g/mol. The lowest BCUT2D eigenvalue weighted by Gasteiger charge is -2.09. The third kappa shape index (κ3) is 3.17. The summed E-state index contributed by atoms with van der Waals surface area (Å²) in [7, 11) is 0. The number of thioether (sulfide) groups is 1. The summed E-state index contributed by atoms with van der Waals surface area (Å²) in [5.41, 5.74) is 2.32. The maximum Gasteiger partial charge on any atom is 0.157 e. The van der Waals surface area contributed by atoms with Crippen LogP contribution in [0.15, 0.2) is 47.6 Å². The first-order valence-electron chi connectivity index (χ1n) is 6.60. The molecule has 1 unspecified atom stereocenters. The molecule has 1 aliphatic rings. The number of amidine groups is 1. The summed E-state index contributed by atoms with van der Waals surface area (Å²) in [6.45, 7) is 3.42. The van der Waals surface area contributed by atoms with Crippen LogP contribution in [0.1, 0.15) is 22.3 Å². The molecule has 4 nitrogen and oxygen atoms in total. The molecule has 0 saturated heterocycles. The average Bonchev–Trinajstić information content (AvgIpc) is 2.95. The van der Waals surface area contributed by atoms with E-state index in [2.05, 4.69) is 44.5 Å². The number of aliphatic imine (C=N–C) groups is 1. The molecule has 2 aromatic rings. The fourth-order valence-corrected chi connectivity index (χ4v) is 3.10. The van der Waals surface area contributed by atoms with Gasteiger partial charge in [0.05, 0.1) is 24.0 Å². The van der Waals surface area contributed by atoms with Crippen LogP contribution >= 0.6 is 11.8 Å². The van der Waals surface area contributed by atoms with Gasteiger partial charge >= 0.3 is 0 Å². The van der Waals surface area contributed by atoms with Crippen molar-refractivity contribution in [2.24, 2.45) is 4.99 Å². The van der Waals surface area contributed by atoms with Gasteiger partial charge in [0.25, 0.3) is 0 Å². The van der Waals surface area contributed by atoms with Gasteiger partial charge in [0.2, 0.25) is 0 Å². The Bertz CT molecular complexity index is 612. The van der Waals surface area contributed by atoms with Crippen LogP contribution < -0.4 is 5.32 Å². The molecule has 1 aliphatic heterocycles.